The average molecular weight is 408 g/mol. The van der Waals surface area contributed by atoms with Gasteiger partial charge in [0, 0.05) is 22.7 Å². The maximum atomic E-state index is 13.2. The van der Waals surface area contributed by atoms with Crippen molar-refractivity contribution >= 4 is 26.0 Å². The highest BCUT2D eigenvalue weighted by Crippen LogP contribution is 2.39. The molecule has 0 aromatic heterocycles. The summed E-state index contributed by atoms with van der Waals surface area (Å²) in [6.07, 6.45) is 2.25. The highest BCUT2D eigenvalue weighted by Gasteiger charge is 2.33. The lowest BCUT2D eigenvalue weighted by molar-refractivity contribution is -0.123. The molecule has 0 spiro atoms. The molecule has 0 saturated heterocycles. The van der Waals surface area contributed by atoms with Crippen LogP contribution < -0.4 is 10.1 Å². The number of hydrogen-bond acceptors (Lipinski definition) is 4. The molecule has 1 heterocycles. The van der Waals surface area contributed by atoms with Gasteiger partial charge >= 0.3 is 7.48 Å². The maximum Gasteiger partial charge on any atom is 0.311 e. The van der Waals surface area contributed by atoms with Crippen molar-refractivity contribution in [2.45, 2.75) is 55.1 Å². The van der Waals surface area contributed by atoms with Gasteiger partial charge in [0.15, 0.2) is 0 Å². The molecule has 4 nitrogen and oxygen atoms in total. The molecule has 5 atom stereocenters. The zero-order chi connectivity index (χ0) is 20.4. The SMILES string of the molecule is CC1c2ccccc2C(C(=O)N[C@H]([B]O)C[C@@H]2COc3ccccc32)CCC1S. The van der Waals surface area contributed by atoms with Crippen LogP contribution >= 0.6 is 12.6 Å². The van der Waals surface area contributed by atoms with Crippen molar-refractivity contribution in [1.82, 2.24) is 5.32 Å². The Morgan fingerprint density at radius 3 is 2.62 bits per heavy atom. The smallest absolute Gasteiger partial charge is 0.311 e. The van der Waals surface area contributed by atoms with E-state index in [1.807, 2.05) is 30.3 Å². The van der Waals surface area contributed by atoms with E-state index in [-0.39, 0.29) is 23.0 Å². The van der Waals surface area contributed by atoms with Crippen molar-refractivity contribution in [2.75, 3.05) is 6.61 Å². The van der Waals surface area contributed by atoms with Crippen molar-refractivity contribution in [3.63, 3.8) is 0 Å². The van der Waals surface area contributed by atoms with Gasteiger partial charge in [-0.3, -0.25) is 4.79 Å². The molecule has 151 valence electrons. The first-order valence-electron chi connectivity index (χ1n) is 10.3. The molecule has 6 heteroatoms. The summed E-state index contributed by atoms with van der Waals surface area (Å²) < 4.78 is 5.75. The number of rotatable bonds is 5. The lowest BCUT2D eigenvalue weighted by Crippen LogP contribution is -2.43. The fourth-order valence-electron chi connectivity index (χ4n) is 4.64. The van der Waals surface area contributed by atoms with Gasteiger partial charge in [0.25, 0.3) is 0 Å². The number of ether oxygens (including phenoxy) is 1. The quantitative estimate of drug-likeness (QED) is 0.403. The second-order valence-corrected chi connectivity index (χ2v) is 8.82. The molecule has 2 aliphatic rings. The van der Waals surface area contributed by atoms with Crippen molar-refractivity contribution in [3.8, 4) is 5.75 Å². The molecule has 29 heavy (non-hydrogen) atoms. The summed E-state index contributed by atoms with van der Waals surface area (Å²) >= 11 is 4.76. The average Bonchev–Trinajstić information content (AvgIpc) is 3.10. The zero-order valence-corrected chi connectivity index (χ0v) is 17.5. The first kappa shape index (κ1) is 20.4. The highest BCUT2D eigenvalue weighted by atomic mass is 32.1. The Bertz CT molecular complexity index is 877. The Morgan fingerprint density at radius 1 is 1.17 bits per heavy atom. The van der Waals surface area contributed by atoms with Crippen LogP contribution in [0.2, 0.25) is 0 Å². The van der Waals surface area contributed by atoms with Crippen LogP contribution in [0.25, 0.3) is 0 Å². The molecule has 0 saturated carbocycles. The molecular formula is C23H27BNO3S. The number of carbonyl (C=O) groups excluding carboxylic acids is 1. The summed E-state index contributed by atoms with van der Waals surface area (Å²) in [6.45, 7) is 2.75. The van der Waals surface area contributed by atoms with Gasteiger partial charge in [-0.1, -0.05) is 49.4 Å². The summed E-state index contributed by atoms with van der Waals surface area (Å²) in [5, 5.41) is 13.1. The molecule has 4 rings (SSSR count). The standard InChI is InChI=1S/C23H27BNO3S/c1-14-16-6-2-3-8-18(16)19(10-11-21(14)29)23(26)25-22(24-27)12-15-13-28-20-9-5-4-7-17(15)20/h2-9,14-15,19,21-22,27,29H,10-13H2,1H3,(H,25,26)/t14?,15-,19?,21?,22+/m1/s1. The lowest BCUT2D eigenvalue weighted by Gasteiger charge is -2.23. The molecule has 2 aromatic carbocycles. The Labute approximate surface area is 178 Å². The van der Waals surface area contributed by atoms with Gasteiger partial charge in [0.2, 0.25) is 5.91 Å². The highest BCUT2D eigenvalue weighted by molar-refractivity contribution is 7.81. The van der Waals surface area contributed by atoms with Crippen LogP contribution in [0.15, 0.2) is 48.5 Å². The lowest BCUT2D eigenvalue weighted by atomic mass is 9.79. The van der Waals surface area contributed by atoms with E-state index in [0.717, 1.165) is 37.2 Å². The van der Waals surface area contributed by atoms with E-state index in [0.29, 0.717) is 18.9 Å². The summed E-state index contributed by atoms with van der Waals surface area (Å²) in [4.78, 5) is 13.2. The van der Waals surface area contributed by atoms with E-state index >= 15 is 0 Å². The third-order valence-corrected chi connectivity index (χ3v) is 7.06. The summed E-state index contributed by atoms with van der Waals surface area (Å²) in [7, 11) is 1.10. The first-order chi connectivity index (χ1) is 14.1. The van der Waals surface area contributed by atoms with E-state index in [1.165, 1.54) is 5.56 Å². The van der Waals surface area contributed by atoms with Gasteiger partial charge in [-0.2, -0.15) is 12.6 Å². The van der Waals surface area contributed by atoms with Crippen LogP contribution in [-0.2, 0) is 4.79 Å². The Hall–Kier alpha value is -1.92. The van der Waals surface area contributed by atoms with Gasteiger partial charge in [-0.15, -0.1) is 0 Å². The van der Waals surface area contributed by atoms with E-state index < -0.39 is 5.94 Å². The largest absolute Gasteiger partial charge is 0.493 e. The Morgan fingerprint density at radius 2 is 1.86 bits per heavy atom. The molecule has 1 aliphatic heterocycles. The third kappa shape index (κ3) is 4.19. The number of thiol groups is 1. The van der Waals surface area contributed by atoms with Crippen LogP contribution in [0.4, 0.5) is 0 Å². The number of amides is 1. The molecule has 1 amide bonds. The molecule has 2 N–H and O–H groups in total. The van der Waals surface area contributed by atoms with Gasteiger partial charge in [0.1, 0.15) is 5.75 Å². The van der Waals surface area contributed by atoms with Gasteiger partial charge in [0.05, 0.1) is 12.5 Å². The Balaban J connectivity index is 1.49. The molecule has 1 aliphatic carbocycles. The van der Waals surface area contributed by atoms with E-state index in [2.05, 4.69) is 30.4 Å². The molecule has 2 aromatic rings. The maximum absolute atomic E-state index is 13.2. The second-order valence-electron chi connectivity index (χ2n) is 8.16. The molecule has 0 fully saturated rings. The van der Waals surface area contributed by atoms with E-state index in [9.17, 15) is 9.82 Å². The van der Waals surface area contributed by atoms with Gasteiger partial charge in [-0.05, 0) is 42.4 Å². The van der Waals surface area contributed by atoms with Crippen LogP contribution in [0, 0.1) is 0 Å². The number of carbonyl (C=O) groups is 1. The molecule has 3 unspecified atom stereocenters. The van der Waals surface area contributed by atoms with E-state index in [4.69, 9.17) is 17.4 Å². The zero-order valence-electron chi connectivity index (χ0n) is 16.6. The molecule has 1 radical (unpaired) electrons. The topological polar surface area (TPSA) is 58.6 Å². The first-order valence-corrected chi connectivity index (χ1v) is 10.9. The third-order valence-electron chi connectivity index (χ3n) is 6.35. The number of nitrogens with one attached hydrogen (secondary N) is 1. The number of fused-ring (bicyclic) bond motifs is 2. The van der Waals surface area contributed by atoms with Gasteiger partial charge in [-0.25, -0.2) is 0 Å². The van der Waals surface area contributed by atoms with E-state index in [1.54, 1.807) is 0 Å². The van der Waals surface area contributed by atoms with Crippen LogP contribution in [-0.4, -0.2) is 36.2 Å². The monoisotopic (exact) mass is 408 g/mol. The fraction of sp³-hybridized carbons (Fsp3) is 0.435. The van der Waals surface area contributed by atoms with Crippen molar-refractivity contribution in [1.29, 1.82) is 0 Å². The minimum Gasteiger partial charge on any atom is -0.493 e. The summed E-state index contributed by atoms with van der Waals surface area (Å²) in [6, 6.07) is 16.1. The van der Waals surface area contributed by atoms with Crippen molar-refractivity contribution in [3.05, 3.63) is 65.2 Å². The number of hydrogen-bond donors (Lipinski definition) is 3. The second kappa shape index (κ2) is 8.84. The predicted molar refractivity (Wildman–Crippen MR) is 119 cm³/mol. The number of para-hydroxylation sites is 1. The minimum absolute atomic E-state index is 0.0328. The van der Waals surface area contributed by atoms with Crippen molar-refractivity contribution < 1.29 is 14.6 Å². The minimum atomic E-state index is -0.415. The normalized spacial score (nSPS) is 26.4. The predicted octanol–water partition coefficient (Wildman–Crippen LogP) is 3.59. The van der Waals surface area contributed by atoms with Crippen molar-refractivity contribution in [2.24, 2.45) is 0 Å². The van der Waals surface area contributed by atoms with Crippen LogP contribution in [0.1, 0.15) is 60.6 Å². The fourth-order valence-corrected chi connectivity index (χ4v) is 4.95. The Kier molecular flexibility index (Phi) is 6.21. The molecular weight excluding hydrogens is 381 g/mol. The van der Waals surface area contributed by atoms with Crippen LogP contribution in [0.5, 0.6) is 5.75 Å². The van der Waals surface area contributed by atoms with Crippen LogP contribution in [0.3, 0.4) is 0 Å². The van der Waals surface area contributed by atoms with Gasteiger partial charge < -0.3 is 15.1 Å². The summed E-state index contributed by atoms with van der Waals surface area (Å²) in [5.74, 6) is 0.687. The molecule has 0 bridgehead atoms. The number of benzene rings is 2. The summed E-state index contributed by atoms with van der Waals surface area (Å²) in [5.41, 5.74) is 3.42.